The summed E-state index contributed by atoms with van der Waals surface area (Å²) in [4.78, 5) is 15.2. The van der Waals surface area contributed by atoms with Crippen LogP contribution in [0.25, 0.3) is 5.69 Å². The van der Waals surface area contributed by atoms with Gasteiger partial charge in [0.25, 0.3) is 15.9 Å². The molecule has 31 heavy (non-hydrogen) atoms. The minimum Gasteiger partial charge on any atom is -0.497 e. The number of benzene rings is 2. The number of imidazole rings is 1. The summed E-state index contributed by atoms with van der Waals surface area (Å²) in [6, 6.07) is 5.63. The molecule has 0 fully saturated rings. The molecule has 0 aliphatic rings. The summed E-state index contributed by atoms with van der Waals surface area (Å²) in [6.07, 6.45) is -2.66. The summed E-state index contributed by atoms with van der Waals surface area (Å²) >= 11 is 5.73. The van der Waals surface area contributed by atoms with Gasteiger partial charge < -0.3 is 9.30 Å². The van der Waals surface area contributed by atoms with Crippen LogP contribution in [-0.2, 0) is 16.2 Å². The van der Waals surface area contributed by atoms with Crippen molar-refractivity contribution in [1.82, 2.24) is 14.3 Å². The zero-order valence-corrected chi connectivity index (χ0v) is 17.0. The van der Waals surface area contributed by atoms with Crippen molar-refractivity contribution in [2.45, 2.75) is 11.1 Å². The number of nitrogens with one attached hydrogen (secondary N) is 1. The van der Waals surface area contributed by atoms with Crippen molar-refractivity contribution < 1.29 is 35.5 Å². The Kier molecular flexibility index (Phi) is 5.96. The van der Waals surface area contributed by atoms with Crippen molar-refractivity contribution in [3.05, 3.63) is 71.0 Å². The molecule has 13 heteroatoms. The third-order valence-electron chi connectivity index (χ3n) is 3.98. The highest BCUT2D eigenvalue weighted by molar-refractivity contribution is 7.90. The first-order valence-electron chi connectivity index (χ1n) is 8.23. The number of hydrogen-bond acceptors (Lipinski definition) is 5. The van der Waals surface area contributed by atoms with Gasteiger partial charge in [-0.15, -0.1) is 0 Å². The Labute approximate surface area is 178 Å². The lowest BCUT2D eigenvalue weighted by atomic mass is 10.2. The number of carbonyl (C=O) groups is 1. The van der Waals surface area contributed by atoms with E-state index in [1.807, 2.05) is 0 Å². The Morgan fingerprint density at radius 1 is 1.19 bits per heavy atom. The average Bonchev–Trinajstić information content (AvgIpc) is 3.17. The Hall–Kier alpha value is -3.12. The predicted octanol–water partition coefficient (Wildman–Crippen LogP) is 3.81. The van der Waals surface area contributed by atoms with Gasteiger partial charge in [0, 0.05) is 23.0 Å². The number of rotatable bonds is 5. The average molecular weight is 478 g/mol. The molecule has 0 atom stereocenters. The molecular weight excluding hydrogens is 466 g/mol. The fourth-order valence-electron chi connectivity index (χ4n) is 2.51. The minimum atomic E-state index is -4.66. The van der Waals surface area contributed by atoms with Crippen molar-refractivity contribution in [3.8, 4) is 11.4 Å². The molecule has 0 bridgehead atoms. The molecule has 1 N–H and O–H groups in total. The largest absolute Gasteiger partial charge is 0.497 e. The van der Waals surface area contributed by atoms with Crippen LogP contribution >= 0.6 is 11.6 Å². The highest BCUT2D eigenvalue weighted by atomic mass is 35.5. The summed E-state index contributed by atoms with van der Waals surface area (Å²) in [7, 11) is -3.39. The second kappa shape index (κ2) is 8.19. The van der Waals surface area contributed by atoms with Gasteiger partial charge in [0.15, 0.2) is 0 Å². The zero-order valence-electron chi connectivity index (χ0n) is 15.4. The molecule has 1 heterocycles. The number of ether oxygens (including phenoxy) is 1. The lowest BCUT2D eigenvalue weighted by Crippen LogP contribution is -2.31. The number of methoxy groups -OCH3 is 1. The van der Waals surface area contributed by atoms with E-state index in [4.69, 9.17) is 16.3 Å². The lowest BCUT2D eigenvalue weighted by molar-refractivity contribution is -0.137. The van der Waals surface area contributed by atoms with Crippen LogP contribution in [0.1, 0.15) is 16.1 Å². The fourth-order valence-corrected chi connectivity index (χ4v) is 3.80. The SMILES string of the molecule is COc1ccc(F)c(S(=O)(=O)NC(=O)c2cn(-c3cc(Cl)cc(C(F)(F)F)c3)cn2)c1. The van der Waals surface area contributed by atoms with Gasteiger partial charge in [-0.1, -0.05) is 11.6 Å². The molecule has 0 radical (unpaired) electrons. The van der Waals surface area contributed by atoms with Crippen LogP contribution in [-0.4, -0.2) is 31.0 Å². The van der Waals surface area contributed by atoms with E-state index in [0.29, 0.717) is 0 Å². The van der Waals surface area contributed by atoms with Crippen LogP contribution in [0.2, 0.25) is 5.02 Å². The van der Waals surface area contributed by atoms with Crippen LogP contribution in [0.15, 0.2) is 53.8 Å². The lowest BCUT2D eigenvalue weighted by Gasteiger charge is -2.10. The number of aromatic nitrogens is 2. The van der Waals surface area contributed by atoms with E-state index in [1.165, 1.54) is 19.2 Å². The van der Waals surface area contributed by atoms with Gasteiger partial charge in [-0.25, -0.2) is 22.5 Å². The van der Waals surface area contributed by atoms with Gasteiger partial charge in [0.1, 0.15) is 28.5 Å². The molecule has 164 valence electrons. The van der Waals surface area contributed by atoms with Crippen molar-refractivity contribution >= 4 is 27.5 Å². The van der Waals surface area contributed by atoms with Crippen molar-refractivity contribution in [1.29, 1.82) is 0 Å². The van der Waals surface area contributed by atoms with Gasteiger partial charge in [0.05, 0.1) is 12.7 Å². The van der Waals surface area contributed by atoms with Gasteiger partial charge in [0.2, 0.25) is 0 Å². The zero-order chi connectivity index (χ0) is 23.0. The van der Waals surface area contributed by atoms with Crippen molar-refractivity contribution in [2.75, 3.05) is 7.11 Å². The first kappa shape index (κ1) is 22.6. The first-order valence-corrected chi connectivity index (χ1v) is 10.1. The molecule has 0 saturated heterocycles. The molecule has 0 saturated carbocycles. The number of carbonyl (C=O) groups excluding carboxylic acids is 1. The van der Waals surface area contributed by atoms with E-state index in [2.05, 4.69) is 4.98 Å². The first-order chi connectivity index (χ1) is 14.4. The molecule has 0 aliphatic heterocycles. The molecule has 0 unspecified atom stereocenters. The molecule has 3 aromatic rings. The summed E-state index contributed by atoms with van der Waals surface area (Å²) in [5.74, 6) is -2.30. The highest BCUT2D eigenvalue weighted by Crippen LogP contribution is 2.32. The summed E-state index contributed by atoms with van der Waals surface area (Å²) < 4.78 is 85.2. The summed E-state index contributed by atoms with van der Waals surface area (Å²) in [5.41, 5.74) is -1.53. The number of hydrogen-bond donors (Lipinski definition) is 1. The molecule has 0 spiro atoms. The maximum Gasteiger partial charge on any atom is 0.416 e. The van der Waals surface area contributed by atoms with Crippen LogP contribution in [0.4, 0.5) is 17.6 Å². The Morgan fingerprint density at radius 2 is 1.90 bits per heavy atom. The van der Waals surface area contributed by atoms with E-state index in [-0.39, 0.29) is 16.5 Å². The van der Waals surface area contributed by atoms with Crippen LogP contribution in [0.3, 0.4) is 0 Å². The fraction of sp³-hybridized carbons (Fsp3) is 0.111. The smallest absolute Gasteiger partial charge is 0.416 e. The second-order valence-corrected chi connectivity index (χ2v) is 8.18. The van der Waals surface area contributed by atoms with Crippen LogP contribution < -0.4 is 9.46 Å². The number of alkyl halides is 3. The molecule has 1 aromatic heterocycles. The molecule has 3 rings (SSSR count). The number of halogens is 5. The molecule has 7 nitrogen and oxygen atoms in total. The summed E-state index contributed by atoms with van der Waals surface area (Å²) in [6.45, 7) is 0. The Morgan fingerprint density at radius 3 is 2.55 bits per heavy atom. The van der Waals surface area contributed by atoms with Crippen LogP contribution in [0, 0.1) is 5.82 Å². The second-order valence-electron chi connectivity index (χ2n) is 6.09. The van der Waals surface area contributed by atoms with Gasteiger partial charge in [-0.3, -0.25) is 4.79 Å². The maximum absolute atomic E-state index is 13.9. The molecule has 2 aromatic carbocycles. The quantitative estimate of drug-likeness (QED) is 0.564. The van der Waals surface area contributed by atoms with E-state index in [1.54, 1.807) is 4.72 Å². The van der Waals surface area contributed by atoms with E-state index in [0.717, 1.165) is 41.4 Å². The standard InChI is InChI=1S/C18H12ClF4N3O4S/c1-30-13-2-3-14(20)16(7-13)31(28,29)25-17(27)15-8-26(9-24-15)12-5-10(18(21,22)23)4-11(19)6-12/h2-9H,1H3,(H,25,27). The third kappa shape index (κ3) is 4.97. The molecule has 0 aliphatic carbocycles. The van der Waals surface area contributed by atoms with Crippen LogP contribution in [0.5, 0.6) is 5.75 Å². The Bertz CT molecular complexity index is 1260. The van der Waals surface area contributed by atoms with E-state index >= 15 is 0 Å². The highest BCUT2D eigenvalue weighted by Gasteiger charge is 2.31. The number of sulfonamides is 1. The maximum atomic E-state index is 13.9. The minimum absolute atomic E-state index is 0.0416. The predicted molar refractivity (Wildman–Crippen MR) is 101 cm³/mol. The van der Waals surface area contributed by atoms with E-state index in [9.17, 15) is 30.8 Å². The Balaban J connectivity index is 1.88. The summed E-state index contributed by atoms with van der Waals surface area (Å²) in [5, 5.41) is -0.208. The van der Waals surface area contributed by atoms with Gasteiger partial charge in [-0.05, 0) is 30.3 Å². The van der Waals surface area contributed by atoms with Crippen molar-refractivity contribution in [2.24, 2.45) is 0 Å². The van der Waals surface area contributed by atoms with Crippen molar-refractivity contribution in [3.63, 3.8) is 0 Å². The van der Waals surface area contributed by atoms with E-state index < -0.39 is 44.1 Å². The van der Waals surface area contributed by atoms with Gasteiger partial charge >= 0.3 is 6.18 Å². The normalized spacial score (nSPS) is 11.9. The number of nitrogens with zero attached hydrogens (tertiary/aromatic N) is 2. The number of amides is 1. The van der Waals surface area contributed by atoms with Gasteiger partial charge in [-0.2, -0.15) is 13.2 Å². The third-order valence-corrected chi connectivity index (χ3v) is 5.54. The molecular formula is C18H12ClF4N3O4S. The topological polar surface area (TPSA) is 90.3 Å². The molecule has 1 amide bonds. The monoisotopic (exact) mass is 477 g/mol.